The first-order valence-corrected chi connectivity index (χ1v) is 8.63. The summed E-state index contributed by atoms with van der Waals surface area (Å²) >= 11 is 0. The lowest BCUT2D eigenvalue weighted by Gasteiger charge is -2.29. The molecule has 1 heterocycles. The molecule has 0 aliphatic carbocycles. The van der Waals surface area contributed by atoms with E-state index in [9.17, 15) is 4.79 Å². The minimum Gasteiger partial charge on any atom is -0.392 e. The molecular formula is C18H29N3O2. The van der Waals surface area contributed by atoms with Gasteiger partial charge in [-0.25, -0.2) is 4.79 Å². The van der Waals surface area contributed by atoms with E-state index in [1.807, 2.05) is 24.3 Å². The molecule has 0 bridgehead atoms. The number of rotatable bonds is 7. The Bertz CT molecular complexity index is 470. The second-order valence-corrected chi connectivity index (χ2v) is 6.39. The van der Waals surface area contributed by atoms with Crippen LogP contribution in [0.1, 0.15) is 37.3 Å². The highest BCUT2D eigenvalue weighted by Crippen LogP contribution is 2.08. The molecular weight excluding hydrogens is 290 g/mol. The summed E-state index contributed by atoms with van der Waals surface area (Å²) in [6.07, 6.45) is 4.67. The van der Waals surface area contributed by atoms with Gasteiger partial charge in [0.1, 0.15) is 0 Å². The van der Waals surface area contributed by atoms with Crippen molar-refractivity contribution >= 4 is 6.03 Å². The number of aliphatic hydroxyl groups excluding tert-OH is 1. The van der Waals surface area contributed by atoms with Crippen molar-refractivity contribution in [2.75, 3.05) is 26.2 Å². The molecule has 1 fully saturated rings. The maximum absolute atomic E-state index is 11.9. The second kappa shape index (κ2) is 9.53. The van der Waals surface area contributed by atoms with Gasteiger partial charge in [-0.2, -0.15) is 0 Å². The second-order valence-electron chi connectivity index (χ2n) is 6.39. The van der Waals surface area contributed by atoms with Crippen LogP contribution < -0.4 is 10.6 Å². The third kappa shape index (κ3) is 6.59. The molecule has 5 heteroatoms. The van der Waals surface area contributed by atoms with Gasteiger partial charge >= 0.3 is 6.03 Å². The zero-order valence-electron chi connectivity index (χ0n) is 14.1. The zero-order valence-corrected chi connectivity index (χ0v) is 14.1. The van der Waals surface area contributed by atoms with Crippen molar-refractivity contribution in [2.45, 2.75) is 45.3 Å². The van der Waals surface area contributed by atoms with E-state index in [0.717, 1.165) is 37.2 Å². The number of carbonyl (C=O) groups is 1. The Morgan fingerprint density at radius 2 is 1.83 bits per heavy atom. The third-order valence-corrected chi connectivity index (χ3v) is 4.26. The quantitative estimate of drug-likeness (QED) is 0.719. The van der Waals surface area contributed by atoms with Gasteiger partial charge in [0.2, 0.25) is 0 Å². The van der Waals surface area contributed by atoms with E-state index >= 15 is 0 Å². The molecule has 0 aromatic heterocycles. The van der Waals surface area contributed by atoms with Gasteiger partial charge in [-0.15, -0.1) is 0 Å². The largest absolute Gasteiger partial charge is 0.392 e. The van der Waals surface area contributed by atoms with E-state index in [0.29, 0.717) is 6.54 Å². The number of aliphatic hydroxyl groups is 1. The normalized spacial score (nSPS) is 16.8. The van der Waals surface area contributed by atoms with Crippen molar-refractivity contribution in [1.29, 1.82) is 0 Å². The number of nitrogens with zero attached hydrogens (tertiary/aromatic N) is 1. The van der Waals surface area contributed by atoms with Crippen molar-refractivity contribution in [1.82, 2.24) is 15.5 Å². The Morgan fingerprint density at radius 3 is 2.48 bits per heavy atom. The molecule has 1 aliphatic rings. The molecule has 0 saturated carbocycles. The van der Waals surface area contributed by atoms with Crippen molar-refractivity contribution in [3.63, 3.8) is 0 Å². The summed E-state index contributed by atoms with van der Waals surface area (Å²) in [5, 5.41) is 14.9. The molecule has 5 nitrogen and oxygen atoms in total. The van der Waals surface area contributed by atoms with E-state index in [4.69, 9.17) is 5.11 Å². The molecule has 1 atom stereocenters. The van der Waals surface area contributed by atoms with E-state index in [1.165, 1.54) is 19.3 Å². The summed E-state index contributed by atoms with van der Waals surface area (Å²) < 4.78 is 0. The fourth-order valence-corrected chi connectivity index (χ4v) is 2.98. The smallest absolute Gasteiger partial charge is 0.315 e. The molecule has 128 valence electrons. The molecule has 2 rings (SSSR count). The summed E-state index contributed by atoms with van der Waals surface area (Å²) in [4.78, 5) is 14.3. The van der Waals surface area contributed by atoms with E-state index in [2.05, 4.69) is 22.5 Å². The van der Waals surface area contributed by atoms with Gasteiger partial charge in [-0.3, -0.25) is 0 Å². The molecule has 1 aliphatic heterocycles. The summed E-state index contributed by atoms with van der Waals surface area (Å²) in [6, 6.07) is 7.87. The third-order valence-electron chi connectivity index (χ3n) is 4.26. The van der Waals surface area contributed by atoms with Crippen LogP contribution in [0, 0.1) is 0 Å². The fourth-order valence-electron chi connectivity index (χ4n) is 2.98. The SMILES string of the molecule is CC(CN1CCCCC1)NC(=O)NCCc1ccc(CO)cc1. The van der Waals surface area contributed by atoms with Gasteiger partial charge in [0.05, 0.1) is 6.61 Å². The predicted molar refractivity (Wildman–Crippen MR) is 92.4 cm³/mol. The van der Waals surface area contributed by atoms with Crippen LogP contribution in [-0.4, -0.2) is 48.3 Å². The van der Waals surface area contributed by atoms with Gasteiger partial charge in [-0.05, 0) is 50.4 Å². The van der Waals surface area contributed by atoms with E-state index in [-0.39, 0.29) is 18.7 Å². The summed E-state index contributed by atoms with van der Waals surface area (Å²) in [6.45, 7) is 5.96. The van der Waals surface area contributed by atoms with Crippen molar-refractivity contribution in [2.24, 2.45) is 0 Å². The molecule has 1 saturated heterocycles. The Labute approximate surface area is 139 Å². The standard InChI is InChI=1S/C18H29N3O2/c1-15(13-21-11-3-2-4-12-21)20-18(23)19-10-9-16-5-7-17(14-22)8-6-16/h5-8,15,22H,2-4,9-14H2,1H3,(H2,19,20,23). The highest BCUT2D eigenvalue weighted by molar-refractivity contribution is 5.74. The molecule has 0 spiro atoms. The van der Waals surface area contributed by atoms with E-state index in [1.54, 1.807) is 0 Å². The molecule has 1 aromatic carbocycles. The first-order chi connectivity index (χ1) is 11.2. The van der Waals surface area contributed by atoms with Crippen LogP contribution in [-0.2, 0) is 13.0 Å². The number of likely N-dealkylation sites (tertiary alicyclic amines) is 1. The number of piperidine rings is 1. The monoisotopic (exact) mass is 319 g/mol. The van der Waals surface area contributed by atoms with Gasteiger partial charge in [0.15, 0.2) is 0 Å². The Hall–Kier alpha value is -1.59. The summed E-state index contributed by atoms with van der Waals surface area (Å²) in [5.74, 6) is 0. The molecule has 1 unspecified atom stereocenters. The van der Waals surface area contributed by atoms with Gasteiger partial charge < -0.3 is 20.6 Å². The first kappa shape index (κ1) is 17.8. The lowest BCUT2D eigenvalue weighted by atomic mass is 10.1. The molecule has 2 amide bonds. The van der Waals surface area contributed by atoms with Crippen molar-refractivity contribution < 1.29 is 9.90 Å². The number of carbonyl (C=O) groups excluding carboxylic acids is 1. The Morgan fingerprint density at radius 1 is 1.17 bits per heavy atom. The Kier molecular flexibility index (Phi) is 7.36. The van der Waals surface area contributed by atoms with Crippen LogP contribution in [0.2, 0.25) is 0 Å². The van der Waals surface area contributed by atoms with Crippen LogP contribution in [0.5, 0.6) is 0 Å². The molecule has 0 radical (unpaired) electrons. The topological polar surface area (TPSA) is 64.6 Å². The summed E-state index contributed by atoms with van der Waals surface area (Å²) in [7, 11) is 0. The fraction of sp³-hybridized carbons (Fsp3) is 0.611. The minimum absolute atomic E-state index is 0.0653. The van der Waals surface area contributed by atoms with Crippen LogP contribution >= 0.6 is 0 Å². The van der Waals surface area contributed by atoms with E-state index < -0.39 is 0 Å². The maximum atomic E-state index is 11.9. The molecule has 1 aromatic rings. The van der Waals surface area contributed by atoms with Crippen LogP contribution in [0.15, 0.2) is 24.3 Å². The number of hydrogen-bond donors (Lipinski definition) is 3. The number of urea groups is 1. The predicted octanol–water partition coefficient (Wildman–Crippen LogP) is 1.89. The molecule has 3 N–H and O–H groups in total. The first-order valence-electron chi connectivity index (χ1n) is 8.63. The van der Waals surface area contributed by atoms with Crippen LogP contribution in [0.3, 0.4) is 0 Å². The number of benzene rings is 1. The Balaban J connectivity index is 1.61. The van der Waals surface area contributed by atoms with Gasteiger partial charge in [0, 0.05) is 19.1 Å². The van der Waals surface area contributed by atoms with Crippen molar-refractivity contribution in [3.05, 3.63) is 35.4 Å². The summed E-state index contributed by atoms with van der Waals surface area (Å²) in [5.41, 5.74) is 2.06. The minimum atomic E-state index is -0.0958. The molecule has 23 heavy (non-hydrogen) atoms. The lowest BCUT2D eigenvalue weighted by Crippen LogP contribution is -2.47. The highest BCUT2D eigenvalue weighted by Gasteiger charge is 2.14. The number of amides is 2. The number of nitrogens with one attached hydrogen (secondary N) is 2. The van der Waals surface area contributed by atoms with Gasteiger partial charge in [0.25, 0.3) is 0 Å². The van der Waals surface area contributed by atoms with Gasteiger partial charge in [-0.1, -0.05) is 30.7 Å². The van der Waals surface area contributed by atoms with Crippen molar-refractivity contribution in [3.8, 4) is 0 Å². The highest BCUT2D eigenvalue weighted by atomic mass is 16.3. The zero-order chi connectivity index (χ0) is 16.5. The lowest BCUT2D eigenvalue weighted by molar-refractivity contribution is 0.203. The number of hydrogen-bond acceptors (Lipinski definition) is 3. The average molecular weight is 319 g/mol. The average Bonchev–Trinajstić information content (AvgIpc) is 2.56. The van der Waals surface area contributed by atoms with Crippen LogP contribution in [0.25, 0.3) is 0 Å². The maximum Gasteiger partial charge on any atom is 0.315 e. The van der Waals surface area contributed by atoms with Crippen LogP contribution in [0.4, 0.5) is 4.79 Å².